The molecule has 3 fully saturated rings. The molecule has 3 heteroatoms. The summed E-state index contributed by atoms with van der Waals surface area (Å²) < 4.78 is 18.1. The summed E-state index contributed by atoms with van der Waals surface area (Å²) in [6.07, 6.45) is 8.61. The molecule has 0 radical (unpaired) electrons. The van der Waals surface area contributed by atoms with Crippen molar-refractivity contribution >= 4 is 0 Å². The zero-order chi connectivity index (χ0) is 17.1. The first-order valence-electron chi connectivity index (χ1n) is 10.2. The van der Waals surface area contributed by atoms with Gasteiger partial charge in [0.05, 0.1) is 20.3 Å². The molecule has 1 aromatic carbocycles. The molecule has 25 heavy (non-hydrogen) atoms. The molecule has 0 bridgehead atoms. The Morgan fingerprint density at radius 3 is 2.72 bits per heavy atom. The third kappa shape index (κ3) is 2.06. The van der Waals surface area contributed by atoms with Gasteiger partial charge in [0.1, 0.15) is 5.75 Å². The number of hydrogen-bond acceptors (Lipinski definition) is 3. The second kappa shape index (κ2) is 5.72. The summed E-state index contributed by atoms with van der Waals surface area (Å²) >= 11 is 0. The van der Waals surface area contributed by atoms with E-state index in [1.54, 1.807) is 12.7 Å². The van der Waals surface area contributed by atoms with Crippen LogP contribution in [0.5, 0.6) is 5.75 Å². The molecule has 0 amide bonds. The molecule has 136 valence electrons. The summed E-state index contributed by atoms with van der Waals surface area (Å²) in [6, 6.07) is 6.77. The van der Waals surface area contributed by atoms with Crippen LogP contribution in [0.15, 0.2) is 18.2 Å². The van der Waals surface area contributed by atoms with Crippen molar-refractivity contribution in [2.45, 2.75) is 63.6 Å². The second-order valence-corrected chi connectivity index (χ2v) is 8.52. The second-order valence-electron chi connectivity index (χ2n) is 8.52. The van der Waals surface area contributed by atoms with Crippen LogP contribution in [0, 0.1) is 17.3 Å². The Kier molecular flexibility index (Phi) is 3.69. The van der Waals surface area contributed by atoms with Crippen molar-refractivity contribution in [3.05, 3.63) is 29.3 Å². The molecule has 0 aromatic heterocycles. The fourth-order valence-electron chi connectivity index (χ4n) is 7.05. The van der Waals surface area contributed by atoms with Crippen molar-refractivity contribution in [3.8, 4) is 5.75 Å². The summed E-state index contributed by atoms with van der Waals surface area (Å²) in [7, 11) is 1.77. The van der Waals surface area contributed by atoms with Gasteiger partial charge >= 0.3 is 0 Å². The zero-order valence-corrected chi connectivity index (χ0v) is 15.6. The molecular weight excluding hydrogens is 312 g/mol. The maximum Gasteiger partial charge on any atom is 0.174 e. The summed E-state index contributed by atoms with van der Waals surface area (Å²) in [5, 5.41) is 0. The van der Waals surface area contributed by atoms with Crippen LogP contribution in [-0.4, -0.2) is 26.1 Å². The van der Waals surface area contributed by atoms with Gasteiger partial charge in [-0.2, -0.15) is 0 Å². The highest BCUT2D eigenvalue weighted by Crippen LogP contribution is 2.67. The van der Waals surface area contributed by atoms with Crippen molar-refractivity contribution in [1.82, 2.24) is 0 Å². The number of hydrogen-bond donors (Lipinski definition) is 0. The summed E-state index contributed by atoms with van der Waals surface area (Å²) in [5.74, 6) is 3.00. The third-order valence-corrected chi connectivity index (χ3v) is 8.07. The van der Waals surface area contributed by atoms with Crippen LogP contribution in [0.25, 0.3) is 0 Å². The third-order valence-electron chi connectivity index (χ3n) is 8.07. The van der Waals surface area contributed by atoms with Crippen LogP contribution >= 0.6 is 0 Å². The topological polar surface area (TPSA) is 27.7 Å². The first kappa shape index (κ1) is 16.1. The quantitative estimate of drug-likeness (QED) is 0.781. The molecule has 1 aromatic rings. The summed E-state index contributed by atoms with van der Waals surface area (Å²) in [6.45, 7) is 3.93. The summed E-state index contributed by atoms with van der Waals surface area (Å²) in [4.78, 5) is 0. The van der Waals surface area contributed by atoms with Gasteiger partial charge in [0.15, 0.2) is 5.79 Å². The highest BCUT2D eigenvalue weighted by Gasteiger charge is 2.66. The molecule has 1 aliphatic heterocycles. The van der Waals surface area contributed by atoms with E-state index >= 15 is 0 Å². The van der Waals surface area contributed by atoms with Crippen LogP contribution in [0.1, 0.15) is 62.5 Å². The molecule has 0 N–H and O–H groups in total. The predicted molar refractivity (Wildman–Crippen MR) is 96.9 cm³/mol. The van der Waals surface area contributed by atoms with Crippen LogP contribution in [-0.2, 0) is 15.9 Å². The Labute approximate surface area is 151 Å². The van der Waals surface area contributed by atoms with Gasteiger partial charge < -0.3 is 14.2 Å². The molecule has 3 nitrogen and oxygen atoms in total. The lowest BCUT2D eigenvalue weighted by Gasteiger charge is -2.54. The van der Waals surface area contributed by atoms with E-state index < -0.39 is 0 Å². The molecule has 1 heterocycles. The molecule has 1 unspecified atom stereocenters. The SMILES string of the molecule is CCC12CC[C@@H]3c4ccc(OC)cc4CC[C@H]3[C@@H]1CCC21OCCO1. The lowest BCUT2D eigenvalue weighted by atomic mass is 9.53. The minimum atomic E-state index is -0.266. The Hall–Kier alpha value is -1.06. The summed E-state index contributed by atoms with van der Waals surface area (Å²) in [5.41, 5.74) is 3.36. The van der Waals surface area contributed by atoms with Crippen molar-refractivity contribution in [3.63, 3.8) is 0 Å². The van der Waals surface area contributed by atoms with Gasteiger partial charge in [-0.1, -0.05) is 13.0 Å². The number of aryl methyl sites for hydroxylation is 1. The largest absolute Gasteiger partial charge is 0.497 e. The molecule has 5 rings (SSSR count). The number of rotatable bonds is 2. The van der Waals surface area contributed by atoms with Gasteiger partial charge in [-0.05, 0) is 79.5 Å². The van der Waals surface area contributed by atoms with Crippen molar-refractivity contribution in [2.24, 2.45) is 17.3 Å². The fraction of sp³-hybridized carbons (Fsp3) is 0.727. The van der Waals surface area contributed by atoms with E-state index in [9.17, 15) is 0 Å². The minimum Gasteiger partial charge on any atom is -0.497 e. The smallest absolute Gasteiger partial charge is 0.174 e. The zero-order valence-electron chi connectivity index (χ0n) is 15.6. The number of ether oxygens (including phenoxy) is 3. The van der Waals surface area contributed by atoms with Crippen molar-refractivity contribution < 1.29 is 14.2 Å². The van der Waals surface area contributed by atoms with Gasteiger partial charge in [-0.3, -0.25) is 0 Å². The number of fused-ring (bicyclic) bond motifs is 6. The molecular formula is C22H30O3. The van der Waals surface area contributed by atoms with Gasteiger partial charge in [0.25, 0.3) is 0 Å². The Bertz CT molecular complexity index is 663. The van der Waals surface area contributed by atoms with E-state index in [0.29, 0.717) is 0 Å². The maximum atomic E-state index is 6.31. The molecule has 4 atom stereocenters. The van der Waals surface area contributed by atoms with E-state index in [1.165, 1.54) is 44.1 Å². The van der Waals surface area contributed by atoms with E-state index in [2.05, 4.69) is 25.1 Å². The lowest BCUT2D eigenvalue weighted by Crippen LogP contribution is -2.52. The van der Waals surface area contributed by atoms with Gasteiger partial charge in [0, 0.05) is 11.8 Å². The number of methoxy groups -OCH3 is 1. The van der Waals surface area contributed by atoms with Crippen molar-refractivity contribution in [1.29, 1.82) is 0 Å². The Balaban J connectivity index is 1.51. The maximum absolute atomic E-state index is 6.31. The predicted octanol–water partition coefficient (Wildman–Crippen LogP) is 4.68. The standard InChI is InChI=1S/C22H30O3/c1-3-21-10-8-18-17-7-5-16(23-2)14-15(17)4-6-19(18)20(21)9-11-22(21)24-12-13-25-22/h5,7,14,18-20H,3-4,6,8-13H2,1-2H3/t18-,19-,20+,21?/m1/s1. The average Bonchev–Trinajstić information content (AvgIpc) is 3.27. The van der Waals surface area contributed by atoms with E-state index in [4.69, 9.17) is 14.2 Å². The Morgan fingerprint density at radius 2 is 1.96 bits per heavy atom. The van der Waals surface area contributed by atoms with Crippen LogP contribution in [0.2, 0.25) is 0 Å². The first-order chi connectivity index (χ1) is 12.2. The van der Waals surface area contributed by atoms with Gasteiger partial charge in [0.2, 0.25) is 0 Å². The lowest BCUT2D eigenvalue weighted by molar-refractivity contribution is -0.244. The fourth-order valence-corrected chi connectivity index (χ4v) is 7.05. The van der Waals surface area contributed by atoms with Crippen molar-refractivity contribution in [2.75, 3.05) is 20.3 Å². The normalized spacial score (nSPS) is 38.2. The van der Waals surface area contributed by atoms with Gasteiger partial charge in [-0.15, -0.1) is 0 Å². The van der Waals surface area contributed by atoms with E-state index in [1.807, 2.05) is 0 Å². The molecule has 2 saturated carbocycles. The highest BCUT2D eigenvalue weighted by molar-refractivity contribution is 5.40. The average molecular weight is 342 g/mol. The monoisotopic (exact) mass is 342 g/mol. The Morgan fingerprint density at radius 1 is 1.12 bits per heavy atom. The van der Waals surface area contributed by atoms with E-state index in [0.717, 1.165) is 43.1 Å². The van der Waals surface area contributed by atoms with Crippen LogP contribution in [0.4, 0.5) is 0 Å². The van der Waals surface area contributed by atoms with E-state index in [-0.39, 0.29) is 11.2 Å². The van der Waals surface area contributed by atoms with Crippen LogP contribution < -0.4 is 4.74 Å². The highest BCUT2D eigenvalue weighted by atomic mass is 16.7. The number of benzene rings is 1. The molecule has 1 saturated heterocycles. The van der Waals surface area contributed by atoms with Crippen LogP contribution in [0.3, 0.4) is 0 Å². The molecule has 3 aliphatic carbocycles. The molecule has 4 aliphatic rings. The van der Waals surface area contributed by atoms with Gasteiger partial charge in [-0.25, -0.2) is 0 Å². The minimum absolute atomic E-state index is 0.245. The first-order valence-corrected chi connectivity index (χ1v) is 10.2. The molecule has 1 spiro atoms.